The maximum Gasteiger partial charge on any atom is 0.391 e. The van der Waals surface area contributed by atoms with Crippen LogP contribution in [0.5, 0.6) is 0 Å². The molecule has 0 radical (unpaired) electrons. The Balaban J connectivity index is 1.56. The third kappa shape index (κ3) is 4.38. The summed E-state index contributed by atoms with van der Waals surface area (Å²) in [6.07, 6.45) is -3.47. The van der Waals surface area contributed by atoms with Gasteiger partial charge >= 0.3 is 12.1 Å². The van der Waals surface area contributed by atoms with Gasteiger partial charge in [0, 0.05) is 22.0 Å². The molecule has 0 atom stereocenters. The number of ether oxygens (including phenoxy) is 1. The molecule has 0 bridgehead atoms. The number of alkyl halides is 3. The third-order valence-corrected chi connectivity index (χ3v) is 7.49. The van der Waals surface area contributed by atoms with Crippen molar-refractivity contribution in [3.05, 3.63) is 95.3 Å². The Hall–Kier alpha value is -3.61. The lowest BCUT2D eigenvalue weighted by molar-refractivity contribution is -0.184. The molecule has 36 heavy (non-hydrogen) atoms. The first-order chi connectivity index (χ1) is 17.2. The molecule has 1 aliphatic rings. The summed E-state index contributed by atoms with van der Waals surface area (Å²) in [5.41, 5.74) is 4.10. The van der Waals surface area contributed by atoms with Crippen LogP contribution in [0.4, 0.5) is 17.6 Å². The number of methoxy groups -OCH3 is 1. The number of carbonyl (C=O) groups is 1. The molecule has 1 fully saturated rings. The SMILES string of the molecule is COC(=O)c1ccc(C2(c3ccc4cc(-c5ccc(F)cc5)[nH]c4c3)CCC(C(F)(F)F)CC2)cc1. The number of esters is 1. The third-order valence-electron chi connectivity index (χ3n) is 7.49. The number of nitrogens with one attached hydrogen (secondary N) is 1. The van der Waals surface area contributed by atoms with Gasteiger partial charge < -0.3 is 9.72 Å². The number of carbonyl (C=O) groups excluding carboxylic acids is 1. The van der Waals surface area contributed by atoms with E-state index in [4.69, 9.17) is 4.74 Å². The van der Waals surface area contributed by atoms with Crippen LogP contribution in [0.25, 0.3) is 22.2 Å². The van der Waals surface area contributed by atoms with Gasteiger partial charge in [-0.1, -0.05) is 24.3 Å². The molecule has 1 heterocycles. The van der Waals surface area contributed by atoms with E-state index >= 15 is 0 Å². The molecule has 1 saturated carbocycles. The van der Waals surface area contributed by atoms with Crippen LogP contribution in [-0.2, 0) is 10.2 Å². The van der Waals surface area contributed by atoms with Crippen LogP contribution in [0.3, 0.4) is 0 Å². The molecule has 5 rings (SSSR count). The topological polar surface area (TPSA) is 42.1 Å². The minimum absolute atomic E-state index is 0.0336. The van der Waals surface area contributed by atoms with E-state index < -0.39 is 23.5 Å². The summed E-state index contributed by atoms with van der Waals surface area (Å²) >= 11 is 0. The quantitative estimate of drug-likeness (QED) is 0.232. The van der Waals surface area contributed by atoms with Gasteiger partial charge in [0.05, 0.1) is 18.6 Å². The van der Waals surface area contributed by atoms with Crippen LogP contribution in [-0.4, -0.2) is 24.2 Å². The number of halogens is 4. The van der Waals surface area contributed by atoms with Crippen LogP contribution in [0, 0.1) is 11.7 Å². The second-order valence-electron chi connectivity index (χ2n) is 9.46. The van der Waals surface area contributed by atoms with Crippen molar-refractivity contribution >= 4 is 16.9 Å². The molecule has 3 aromatic carbocycles. The van der Waals surface area contributed by atoms with E-state index in [0.29, 0.717) is 18.4 Å². The van der Waals surface area contributed by atoms with Crippen LogP contribution in [0.15, 0.2) is 72.8 Å². The first kappa shape index (κ1) is 24.1. The van der Waals surface area contributed by atoms with E-state index in [0.717, 1.165) is 33.3 Å². The molecule has 0 unspecified atom stereocenters. The van der Waals surface area contributed by atoms with Crippen molar-refractivity contribution in [1.82, 2.24) is 4.98 Å². The summed E-state index contributed by atoms with van der Waals surface area (Å²) in [4.78, 5) is 15.3. The van der Waals surface area contributed by atoms with E-state index in [-0.39, 0.29) is 18.7 Å². The van der Waals surface area contributed by atoms with Gasteiger partial charge in [-0.2, -0.15) is 13.2 Å². The molecule has 1 aromatic heterocycles. The van der Waals surface area contributed by atoms with Crippen LogP contribution in [0.1, 0.15) is 47.2 Å². The minimum atomic E-state index is -4.21. The molecule has 7 heteroatoms. The Morgan fingerprint density at radius 3 is 2.17 bits per heavy atom. The molecule has 1 aliphatic carbocycles. The average Bonchev–Trinajstić information content (AvgIpc) is 3.32. The zero-order valence-corrected chi connectivity index (χ0v) is 19.7. The van der Waals surface area contributed by atoms with Gasteiger partial charge in [-0.05, 0) is 90.9 Å². The molecule has 0 amide bonds. The van der Waals surface area contributed by atoms with E-state index in [1.807, 2.05) is 36.4 Å². The van der Waals surface area contributed by atoms with Crippen LogP contribution >= 0.6 is 0 Å². The highest BCUT2D eigenvalue weighted by molar-refractivity contribution is 5.89. The van der Waals surface area contributed by atoms with Crippen molar-refractivity contribution in [2.75, 3.05) is 7.11 Å². The fraction of sp³-hybridized carbons (Fsp3) is 0.276. The predicted molar refractivity (Wildman–Crippen MR) is 130 cm³/mol. The first-order valence-corrected chi connectivity index (χ1v) is 11.8. The Morgan fingerprint density at radius 1 is 0.917 bits per heavy atom. The molecule has 4 aromatic rings. The van der Waals surface area contributed by atoms with E-state index in [1.54, 1.807) is 24.3 Å². The molecule has 0 spiro atoms. The van der Waals surface area contributed by atoms with Crippen molar-refractivity contribution in [3.8, 4) is 11.3 Å². The molecule has 3 nitrogen and oxygen atoms in total. The maximum absolute atomic E-state index is 13.5. The highest BCUT2D eigenvalue weighted by Gasteiger charge is 2.47. The maximum atomic E-state index is 13.5. The van der Waals surface area contributed by atoms with Crippen molar-refractivity contribution in [2.24, 2.45) is 5.92 Å². The lowest BCUT2D eigenvalue weighted by Crippen LogP contribution is -2.37. The summed E-state index contributed by atoms with van der Waals surface area (Å²) in [7, 11) is 1.31. The van der Waals surface area contributed by atoms with Gasteiger partial charge in [0.15, 0.2) is 0 Å². The Morgan fingerprint density at radius 2 is 1.56 bits per heavy atom. The number of aromatic amines is 1. The molecule has 0 saturated heterocycles. The standard InChI is InChI=1S/C29H25F4NO2/c1-36-27(35)19-2-7-21(8-3-19)28(14-12-22(13-15-28)29(31,32)33)23-9-4-20-16-25(34-26(20)17-23)18-5-10-24(30)11-6-18/h2-11,16-17,22,34H,12-15H2,1H3. The lowest BCUT2D eigenvalue weighted by Gasteiger charge is -2.42. The Kier molecular flexibility index (Phi) is 6.10. The van der Waals surface area contributed by atoms with Crippen molar-refractivity contribution in [2.45, 2.75) is 37.3 Å². The predicted octanol–water partition coefficient (Wildman–Crippen LogP) is 7.80. The normalized spacial score (nSPS) is 20.4. The minimum Gasteiger partial charge on any atom is -0.465 e. The largest absolute Gasteiger partial charge is 0.465 e. The van der Waals surface area contributed by atoms with Crippen molar-refractivity contribution in [1.29, 1.82) is 0 Å². The van der Waals surface area contributed by atoms with Gasteiger partial charge in [0.1, 0.15) is 5.82 Å². The Labute approximate surface area is 206 Å². The number of hydrogen-bond donors (Lipinski definition) is 1. The summed E-state index contributed by atoms with van der Waals surface area (Å²) in [6, 6.07) is 21.1. The number of hydrogen-bond acceptors (Lipinski definition) is 2. The fourth-order valence-corrected chi connectivity index (χ4v) is 5.43. The van der Waals surface area contributed by atoms with Gasteiger partial charge in [0.25, 0.3) is 0 Å². The number of rotatable bonds is 4. The average molecular weight is 496 g/mol. The fourth-order valence-electron chi connectivity index (χ4n) is 5.43. The second kappa shape index (κ2) is 9.12. The zero-order valence-electron chi connectivity index (χ0n) is 19.7. The summed E-state index contributed by atoms with van der Waals surface area (Å²) in [5.74, 6) is -2.09. The van der Waals surface area contributed by atoms with E-state index in [2.05, 4.69) is 4.98 Å². The van der Waals surface area contributed by atoms with Gasteiger partial charge in [0.2, 0.25) is 0 Å². The number of aromatic nitrogens is 1. The zero-order chi connectivity index (χ0) is 25.5. The molecular weight excluding hydrogens is 470 g/mol. The number of fused-ring (bicyclic) bond motifs is 1. The molecule has 0 aliphatic heterocycles. The van der Waals surface area contributed by atoms with Gasteiger partial charge in [-0.15, -0.1) is 0 Å². The second-order valence-corrected chi connectivity index (χ2v) is 9.46. The summed E-state index contributed by atoms with van der Waals surface area (Å²) < 4.78 is 58.6. The smallest absolute Gasteiger partial charge is 0.391 e. The van der Waals surface area contributed by atoms with Crippen LogP contribution in [0.2, 0.25) is 0 Å². The molecular formula is C29H25F4NO2. The highest BCUT2D eigenvalue weighted by Crippen LogP contribution is 2.50. The van der Waals surface area contributed by atoms with Crippen LogP contribution < -0.4 is 0 Å². The molecule has 1 N–H and O–H groups in total. The lowest BCUT2D eigenvalue weighted by atomic mass is 9.63. The van der Waals surface area contributed by atoms with Gasteiger partial charge in [-0.25, -0.2) is 9.18 Å². The van der Waals surface area contributed by atoms with Gasteiger partial charge in [-0.3, -0.25) is 0 Å². The highest BCUT2D eigenvalue weighted by atomic mass is 19.4. The monoisotopic (exact) mass is 495 g/mol. The number of H-pyrrole nitrogens is 1. The van der Waals surface area contributed by atoms with Crippen molar-refractivity contribution < 1.29 is 27.1 Å². The number of benzene rings is 3. The Bertz CT molecular complexity index is 1380. The molecule has 186 valence electrons. The van der Waals surface area contributed by atoms with Crippen molar-refractivity contribution in [3.63, 3.8) is 0 Å². The summed E-state index contributed by atoms with van der Waals surface area (Å²) in [5, 5.41) is 0.957. The first-order valence-electron chi connectivity index (χ1n) is 11.8. The van der Waals surface area contributed by atoms with E-state index in [9.17, 15) is 22.4 Å². The summed E-state index contributed by atoms with van der Waals surface area (Å²) in [6.45, 7) is 0. The van der Waals surface area contributed by atoms with E-state index in [1.165, 1.54) is 19.2 Å².